The van der Waals surface area contributed by atoms with E-state index in [0.717, 1.165) is 11.4 Å². The van der Waals surface area contributed by atoms with Crippen molar-refractivity contribution in [3.05, 3.63) is 231 Å². The Balaban J connectivity index is 1.27. The molecule has 0 bridgehead atoms. The van der Waals surface area contributed by atoms with Crippen molar-refractivity contribution in [3.8, 4) is 22.5 Å². The molecule has 2 heterocycles. The molecule has 0 unspecified atom stereocenters. The highest BCUT2D eigenvalue weighted by molar-refractivity contribution is 7.20. The van der Waals surface area contributed by atoms with E-state index >= 15 is 0 Å². The van der Waals surface area contributed by atoms with E-state index in [4.69, 9.17) is 0 Å². The summed E-state index contributed by atoms with van der Waals surface area (Å²) in [7, 11) is -2.90. The van der Waals surface area contributed by atoms with Gasteiger partial charge in [-0.2, -0.15) is 0 Å². The average molecular weight is 743 g/mol. The van der Waals surface area contributed by atoms with Gasteiger partial charge in [0.15, 0.2) is 8.07 Å². The lowest BCUT2D eigenvalue weighted by molar-refractivity contribution is 1.17. The van der Waals surface area contributed by atoms with E-state index in [-0.39, 0.29) is 0 Å². The molecule has 11 rings (SSSR count). The highest BCUT2D eigenvalue weighted by Crippen LogP contribution is 2.38. The summed E-state index contributed by atoms with van der Waals surface area (Å²) >= 11 is 0. The second-order valence-corrected chi connectivity index (χ2v) is 18.6. The molecular weight excluding hydrogens is 705 g/mol. The van der Waals surface area contributed by atoms with Crippen LogP contribution in [-0.2, 0) is 0 Å². The Bertz CT molecular complexity index is 3110. The summed E-state index contributed by atoms with van der Waals surface area (Å²) in [5.74, 6) is 0. The van der Waals surface area contributed by atoms with Crippen molar-refractivity contribution in [1.29, 1.82) is 0 Å². The van der Waals surface area contributed by atoms with Gasteiger partial charge in [0.2, 0.25) is 0 Å². The Morgan fingerprint density at radius 2 is 0.772 bits per heavy atom. The number of rotatable bonds is 7. The number of hydrogen-bond donors (Lipinski definition) is 0. The van der Waals surface area contributed by atoms with Gasteiger partial charge in [-0.1, -0.05) is 176 Å². The van der Waals surface area contributed by atoms with Crippen LogP contribution in [0, 0.1) is 0 Å². The Morgan fingerprint density at radius 1 is 0.281 bits per heavy atom. The number of nitrogens with zero attached hydrogens (tertiary/aromatic N) is 2. The van der Waals surface area contributed by atoms with E-state index in [0.29, 0.717) is 0 Å². The molecule has 0 fully saturated rings. The topological polar surface area (TPSA) is 9.86 Å². The van der Waals surface area contributed by atoms with Crippen molar-refractivity contribution >= 4 is 72.4 Å². The molecule has 11 aromatic rings. The molecule has 2 nitrogen and oxygen atoms in total. The Hall–Kier alpha value is -7.20. The van der Waals surface area contributed by atoms with Crippen LogP contribution in [0.5, 0.6) is 0 Å². The lowest BCUT2D eigenvalue weighted by atomic mass is 10.0. The molecule has 0 N–H and O–H groups in total. The fourth-order valence-corrected chi connectivity index (χ4v) is 14.5. The maximum absolute atomic E-state index is 2.90. The summed E-state index contributed by atoms with van der Waals surface area (Å²) in [6.07, 6.45) is 0. The molecule has 0 aliphatic carbocycles. The van der Waals surface area contributed by atoms with Crippen LogP contribution in [0.1, 0.15) is 0 Å². The van der Waals surface area contributed by atoms with Gasteiger partial charge >= 0.3 is 0 Å². The lowest BCUT2D eigenvalue weighted by Crippen LogP contribution is -2.74. The predicted octanol–water partition coefficient (Wildman–Crippen LogP) is 10.9. The number of fused-ring (bicyclic) bond motifs is 6. The maximum atomic E-state index is 2.47. The van der Waals surface area contributed by atoms with Crippen LogP contribution in [0.2, 0.25) is 0 Å². The van der Waals surface area contributed by atoms with Crippen LogP contribution in [0.25, 0.3) is 66.1 Å². The van der Waals surface area contributed by atoms with Gasteiger partial charge in [0, 0.05) is 32.9 Å². The summed E-state index contributed by atoms with van der Waals surface area (Å²) in [4.78, 5) is 0. The summed E-state index contributed by atoms with van der Waals surface area (Å²) < 4.78 is 4.93. The third-order valence-electron chi connectivity index (χ3n) is 11.9. The van der Waals surface area contributed by atoms with E-state index in [1.54, 1.807) is 0 Å². The lowest BCUT2D eigenvalue weighted by Gasteiger charge is -2.35. The van der Waals surface area contributed by atoms with Crippen LogP contribution in [0.3, 0.4) is 0 Å². The van der Waals surface area contributed by atoms with Crippen LogP contribution in [0.4, 0.5) is 0 Å². The first-order valence-corrected chi connectivity index (χ1v) is 21.7. The van der Waals surface area contributed by atoms with Crippen molar-refractivity contribution < 1.29 is 0 Å². The molecule has 57 heavy (non-hydrogen) atoms. The molecule has 0 radical (unpaired) electrons. The zero-order valence-electron chi connectivity index (χ0n) is 31.3. The second kappa shape index (κ2) is 13.5. The standard InChI is InChI=1S/C54H38N2Si/c1-6-19-39(20-7-1)40-33-35-50-47(37-40)46-29-16-17-30-49(46)56(50)42-34-36-51-48(38-42)54-52(55(51)41-21-8-2-9-22-41)31-18-32-53(54)57(43-23-10-3-11-24-43,44-25-12-4-13-26-44)45-27-14-5-15-28-45/h1-38H. The third-order valence-corrected chi connectivity index (χ3v) is 16.7. The normalized spacial score (nSPS) is 11.9. The molecule has 0 saturated heterocycles. The van der Waals surface area contributed by atoms with Gasteiger partial charge in [-0.15, -0.1) is 0 Å². The number of aromatic nitrogens is 2. The highest BCUT2D eigenvalue weighted by atomic mass is 28.3. The Labute approximate surface area is 333 Å². The summed E-state index contributed by atoms with van der Waals surface area (Å²) in [5.41, 5.74) is 9.54. The summed E-state index contributed by atoms with van der Waals surface area (Å²) in [6, 6.07) is 85.3. The molecule has 2 aromatic heterocycles. The molecular formula is C54H38N2Si. The van der Waals surface area contributed by atoms with Crippen LogP contribution in [-0.4, -0.2) is 17.2 Å². The average Bonchev–Trinajstić information content (AvgIpc) is 3.81. The van der Waals surface area contributed by atoms with Crippen molar-refractivity contribution in [1.82, 2.24) is 9.13 Å². The van der Waals surface area contributed by atoms with E-state index in [1.807, 2.05) is 0 Å². The molecule has 0 spiro atoms. The molecule has 9 aromatic carbocycles. The van der Waals surface area contributed by atoms with E-state index in [1.165, 1.54) is 75.5 Å². The number of para-hydroxylation sites is 2. The largest absolute Gasteiger partial charge is 0.309 e. The van der Waals surface area contributed by atoms with Gasteiger partial charge in [0.05, 0.1) is 22.1 Å². The number of benzene rings is 9. The molecule has 0 saturated carbocycles. The van der Waals surface area contributed by atoms with Crippen molar-refractivity contribution in [2.24, 2.45) is 0 Å². The van der Waals surface area contributed by atoms with Crippen molar-refractivity contribution in [2.45, 2.75) is 0 Å². The van der Waals surface area contributed by atoms with Gasteiger partial charge in [-0.25, -0.2) is 0 Å². The van der Waals surface area contributed by atoms with Gasteiger partial charge in [-0.3, -0.25) is 0 Å². The van der Waals surface area contributed by atoms with E-state index < -0.39 is 8.07 Å². The maximum Gasteiger partial charge on any atom is 0.180 e. The summed E-state index contributed by atoms with van der Waals surface area (Å²) in [6.45, 7) is 0. The fraction of sp³-hybridized carbons (Fsp3) is 0. The first-order valence-electron chi connectivity index (χ1n) is 19.7. The molecule has 0 atom stereocenters. The van der Waals surface area contributed by atoms with Crippen molar-refractivity contribution in [3.63, 3.8) is 0 Å². The van der Waals surface area contributed by atoms with Gasteiger partial charge < -0.3 is 9.13 Å². The zero-order valence-corrected chi connectivity index (χ0v) is 32.3. The Morgan fingerprint density at radius 3 is 1.42 bits per heavy atom. The predicted molar refractivity (Wildman–Crippen MR) is 244 cm³/mol. The minimum Gasteiger partial charge on any atom is -0.309 e. The number of hydrogen-bond acceptors (Lipinski definition) is 0. The van der Waals surface area contributed by atoms with Gasteiger partial charge in [0.1, 0.15) is 0 Å². The molecule has 0 amide bonds. The highest BCUT2D eigenvalue weighted by Gasteiger charge is 2.43. The van der Waals surface area contributed by atoms with Gasteiger partial charge in [0.25, 0.3) is 0 Å². The van der Waals surface area contributed by atoms with E-state index in [9.17, 15) is 0 Å². The zero-order chi connectivity index (χ0) is 37.8. The van der Waals surface area contributed by atoms with Crippen LogP contribution in [0.15, 0.2) is 231 Å². The smallest absolute Gasteiger partial charge is 0.180 e. The van der Waals surface area contributed by atoms with Crippen molar-refractivity contribution in [2.75, 3.05) is 0 Å². The van der Waals surface area contributed by atoms with Crippen LogP contribution < -0.4 is 20.7 Å². The third kappa shape index (κ3) is 5.17. The molecule has 0 aliphatic rings. The minimum absolute atomic E-state index is 1.15. The first-order chi connectivity index (χ1) is 28.3. The van der Waals surface area contributed by atoms with Gasteiger partial charge in [-0.05, 0) is 86.5 Å². The quantitative estimate of drug-likeness (QED) is 0.114. The molecule has 3 heteroatoms. The SMILES string of the molecule is c1ccc(-c2ccc3c(c2)c2ccccc2n3-c2ccc3c(c2)c2c([Si](c4ccccc4)(c4ccccc4)c4ccccc4)cccc2n3-c2ccccc2)cc1. The second-order valence-electron chi connectivity index (χ2n) is 14.9. The first kappa shape index (κ1) is 33.2. The Kier molecular flexibility index (Phi) is 7.87. The molecule has 268 valence electrons. The minimum atomic E-state index is -2.90. The monoisotopic (exact) mass is 742 g/mol. The van der Waals surface area contributed by atoms with E-state index in [2.05, 4.69) is 240 Å². The summed E-state index contributed by atoms with van der Waals surface area (Å²) in [5, 5.41) is 10.5. The van der Waals surface area contributed by atoms with Crippen LogP contribution >= 0.6 is 0 Å². The fourth-order valence-electron chi connectivity index (χ4n) is 9.46. The molecule has 0 aliphatic heterocycles.